The van der Waals surface area contributed by atoms with E-state index in [1.165, 1.54) is 0 Å². The lowest BCUT2D eigenvalue weighted by Gasteiger charge is -2.17. The van der Waals surface area contributed by atoms with Crippen LogP contribution in [-0.2, 0) is 9.59 Å². The largest absolute Gasteiger partial charge is 0.355 e. The molecule has 2 atom stereocenters. The van der Waals surface area contributed by atoms with E-state index >= 15 is 0 Å². The van der Waals surface area contributed by atoms with Crippen molar-refractivity contribution in [3.8, 4) is 0 Å². The molecule has 5 nitrogen and oxygen atoms in total. The molecule has 0 aromatic heterocycles. The van der Waals surface area contributed by atoms with Crippen molar-refractivity contribution in [3.63, 3.8) is 0 Å². The van der Waals surface area contributed by atoms with Crippen LogP contribution in [0.25, 0.3) is 0 Å². The van der Waals surface area contributed by atoms with Crippen LogP contribution in [-0.4, -0.2) is 30.4 Å². The second kappa shape index (κ2) is 8.49. The first-order valence-electron chi connectivity index (χ1n) is 4.86. The summed E-state index contributed by atoms with van der Waals surface area (Å²) in [5.41, 5.74) is 5.37. The summed E-state index contributed by atoms with van der Waals surface area (Å²) < 4.78 is 0. The Morgan fingerprint density at radius 3 is 2.13 bits per heavy atom. The summed E-state index contributed by atoms with van der Waals surface area (Å²) in [6, 6.07) is -1.06. The fourth-order valence-electron chi connectivity index (χ4n) is 0.954. The molecule has 6 heteroatoms. The number of halogens is 1. The SMILES string of the molecule is CCNC(=O)[C@H](CC)NC(=O)[C@H](C)N.Cl. The summed E-state index contributed by atoms with van der Waals surface area (Å²) >= 11 is 0. The topological polar surface area (TPSA) is 84.2 Å². The predicted octanol–water partition coefficient (Wildman–Crippen LogP) is -0.214. The Balaban J connectivity index is 0. The summed E-state index contributed by atoms with van der Waals surface area (Å²) in [6.45, 7) is 5.81. The first-order valence-corrected chi connectivity index (χ1v) is 4.86. The molecule has 0 fully saturated rings. The summed E-state index contributed by atoms with van der Waals surface area (Å²) in [6.07, 6.45) is 0.560. The van der Waals surface area contributed by atoms with E-state index in [4.69, 9.17) is 5.73 Å². The normalized spacial score (nSPS) is 13.3. The van der Waals surface area contributed by atoms with E-state index in [2.05, 4.69) is 10.6 Å². The van der Waals surface area contributed by atoms with Crippen molar-refractivity contribution in [2.24, 2.45) is 5.73 Å². The van der Waals surface area contributed by atoms with Crippen LogP contribution in [0, 0.1) is 0 Å². The van der Waals surface area contributed by atoms with Crippen molar-refractivity contribution in [2.45, 2.75) is 39.3 Å². The molecule has 0 saturated carbocycles. The van der Waals surface area contributed by atoms with E-state index < -0.39 is 12.1 Å². The van der Waals surface area contributed by atoms with Gasteiger partial charge in [-0.15, -0.1) is 12.4 Å². The Morgan fingerprint density at radius 1 is 1.27 bits per heavy atom. The van der Waals surface area contributed by atoms with Gasteiger partial charge in [-0.3, -0.25) is 9.59 Å². The van der Waals surface area contributed by atoms with Gasteiger partial charge in [-0.25, -0.2) is 0 Å². The van der Waals surface area contributed by atoms with Crippen LogP contribution in [0.5, 0.6) is 0 Å². The van der Waals surface area contributed by atoms with Crippen LogP contribution in [0.3, 0.4) is 0 Å². The quantitative estimate of drug-likeness (QED) is 0.619. The molecule has 4 N–H and O–H groups in total. The van der Waals surface area contributed by atoms with Crippen LogP contribution in [0.15, 0.2) is 0 Å². The highest BCUT2D eigenvalue weighted by molar-refractivity contribution is 5.89. The molecular weight excluding hydrogens is 218 g/mol. The second-order valence-corrected chi connectivity index (χ2v) is 3.15. The van der Waals surface area contributed by atoms with Crippen LogP contribution < -0.4 is 16.4 Å². The molecule has 0 saturated heterocycles. The number of carbonyl (C=O) groups excluding carboxylic acids is 2. The highest BCUT2D eigenvalue weighted by Crippen LogP contribution is 1.92. The minimum Gasteiger partial charge on any atom is -0.355 e. The molecule has 90 valence electrons. The minimum absolute atomic E-state index is 0. The van der Waals surface area contributed by atoms with E-state index in [1.807, 2.05) is 13.8 Å². The number of carbonyl (C=O) groups is 2. The number of amides is 2. The number of rotatable bonds is 5. The van der Waals surface area contributed by atoms with Gasteiger partial charge in [0.1, 0.15) is 6.04 Å². The molecule has 15 heavy (non-hydrogen) atoms. The lowest BCUT2D eigenvalue weighted by molar-refractivity contribution is -0.129. The Morgan fingerprint density at radius 2 is 1.80 bits per heavy atom. The fourth-order valence-corrected chi connectivity index (χ4v) is 0.954. The zero-order valence-electron chi connectivity index (χ0n) is 9.37. The van der Waals surface area contributed by atoms with E-state index in [0.29, 0.717) is 13.0 Å². The maximum absolute atomic E-state index is 11.4. The van der Waals surface area contributed by atoms with Gasteiger partial charge in [0.15, 0.2) is 0 Å². The van der Waals surface area contributed by atoms with Crippen molar-refractivity contribution in [1.29, 1.82) is 0 Å². The van der Waals surface area contributed by atoms with Crippen LogP contribution in [0.2, 0.25) is 0 Å². The molecule has 0 spiro atoms. The third-order valence-corrected chi connectivity index (χ3v) is 1.81. The lowest BCUT2D eigenvalue weighted by atomic mass is 10.2. The first-order chi connectivity index (χ1) is 6.52. The molecule has 0 rings (SSSR count). The molecule has 0 aliphatic rings. The molecule has 0 radical (unpaired) electrons. The molecule has 2 amide bonds. The van der Waals surface area contributed by atoms with Crippen LogP contribution in [0.4, 0.5) is 0 Å². The summed E-state index contributed by atoms with van der Waals surface area (Å²) in [5, 5.41) is 5.22. The van der Waals surface area contributed by atoms with Crippen molar-refractivity contribution < 1.29 is 9.59 Å². The van der Waals surface area contributed by atoms with Crippen LogP contribution in [0.1, 0.15) is 27.2 Å². The molecule has 0 unspecified atom stereocenters. The number of hydrogen-bond donors (Lipinski definition) is 3. The summed E-state index contributed by atoms with van der Waals surface area (Å²) in [7, 11) is 0. The number of nitrogens with two attached hydrogens (primary N) is 1. The smallest absolute Gasteiger partial charge is 0.242 e. The molecule has 0 heterocycles. The van der Waals surface area contributed by atoms with Gasteiger partial charge in [-0.2, -0.15) is 0 Å². The molecule has 0 aliphatic carbocycles. The third-order valence-electron chi connectivity index (χ3n) is 1.81. The van der Waals surface area contributed by atoms with Gasteiger partial charge in [-0.1, -0.05) is 6.92 Å². The van der Waals surface area contributed by atoms with Crippen molar-refractivity contribution in [3.05, 3.63) is 0 Å². The Kier molecular flexibility index (Phi) is 9.41. The lowest BCUT2D eigenvalue weighted by Crippen LogP contribution is -2.50. The average molecular weight is 238 g/mol. The monoisotopic (exact) mass is 237 g/mol. The second-order valence-electron chi connectivity index (χ2n) is 3.15. The predicted molar refractivity (Wildman–Crippen MR) is 61.8 cm³/mol. The zero-order chi connectivity index (χ0) is 11.1. The maximum Gasteiger partial charge on any atom is 0.242 e. The maximum atomic E-state index is 11.4. The standard InChI is InChI=1S/C9H19N3O2.ClH/c1-4-7(9(14)11-5-2)12-8(13)6(3)10;/h6-7H,4-5,10H2,1-3H3,(H,11,14)(H,12,13);1H/t6-,7-;/m0./s1. The minimum atomic E-state index is -0.585. The number of likely N-dealkylation sites (N-methyl/N-ethyl adjacent to an activating group) is 1. The number of nitrogens with one attached hydrogen (secondary N) is 2. The van der Waals surface area contributed by atoms with Gasteiger partial charge in [0.25, 0.3) is 0 Å². The van der Waals surface area contributed by atoms with E-state index in [-0.39, 0.29) is 24.2 Å². The van der Waals surface area contributed by atoms with E-state index in [0.717, 1.165) is 0 Å². The average Bonchev–Trinajstić information content (AvgIpc) is 2.13. The third kappa shape index (κ3) is 6.30. The van der Waals surface area contributed by atoms with E-state index in [9.17, 15) is 9.59 Å². The zero-order valence-corrected chi connectivity index (χ0v) is 10.2. The van der Waals surface area contributed by atoms with Gasteiger partial charge in [0.05, 0.1) is 6.04 Å². The summed E-state index contributed by atoms with van der Waals surface area (Å²) in [4.78, 5) is 22.6. The van der Waals surface area contributed by atoms with Crippen molar-refractivity contribution in [1.82, 2.24) is 10.6 Å². The molecule has 0 aromatic rings. The molecule has 0 aliphatic heterocycles. The van der Waals surface area contributed by atoms with Gasteiger partial charge in [0.2, 0.25) is 11.8 Å². The summed E-state index contributed by atoms with van der Waals surface area (Å²) in [5.74, 6) is -0.466. The number of hydrogen-bond acceptors (Lipinski definition) is 3. The molecular formula is C9H20ClN3O2. The first kappa shape index (κ1) is 16.6. The van der Waals surface area contributed by atoms with Gasteiger partial charge in [-0.05, 0) is 20.3 Å². The van der Waals surface area contributed by atoms with Gasteiger partial charge in [0, 0.05) is 6.54 Å². The fraction of sp³-hybridized carbons (Fsp3) is 0.778. The van der Waals surface area contributed by atoms with Crippen molar-refractivity contribution in [2.75, 3.05) is 6.54 Å². The van der Waals surface area contributed by atoms with Gasteiger partial charge >= 0.3 is 0 Å². The van der Waals surface area contributed by atoms with Crippen molar-refractivity contribution >= 4 is 24.2 Å². The Labute approximate surface area is 96.6 Å². The Hall–Kier alpha value is -0.810. The van der Waals surface area contributed by atoms with Gasteiger partial charge < -0.3 is 16.4 Å². The molecule has 0 aromatic carbocycles. The molecule has 0 bridgehead atoms. The Bertz CT molecular complexity index is 210. The van der Waals surface area contributed by atoms with E-state index in [1.54, 1.807) is 6.92 Å². The van der Waals surface area contributed by atoms with Crippen LogP contribution >= 0.6 is 12.4 Å². The highest BCUT2D eigenvalue weighted by atomic mass is 35.5. The highest BCUT2D eigenvalue weighted by Gasteiger charge is 2.19.